The summed E-state index contributed by atoms with van der Waals surface area (Å²) in [4.78, 5) is 13.9. The molecule has 1 amide bonds. The molecule has 1 aliphatic rings. The van der Waals surface area contributed by atoms with Crippen molar-refractivity contribution in [3.63, 3.8) is 0 Å². The zero-order chi connectivity index (χ0) is 12.3. The molecule has 1 fully saturated rings. The predicted octanol–water partition coefficient (Wildman–Crippen LogP) is 1.65. The molecular formula is C13H17FN2O. The lowest BCUT2D eigenvalue weighted by Crippen LogP contribution is -2.39. The van der Waals surface area contributed by atoms with Crippen molar-refractivity contribution in [2.45, 2.75) is 19.4 Å². The number of benzene rings is 1. The zero-order valence-electron chi connectivity index (χ0n) is 9.95. The number of rotatable bonds is 1. The predicted molar refractivity (Wildman–Crippen MR) is 64.4 cm³/mol. The molecule has 3 nitrogen and oxygen atoms in total. The van der Waals surface area contributed by atoms with Gasteiger partial charge in [0.2, 0.25) is 0 Å². The SMILES string of the molecule is CC1CN(C(=O)c2ccccc2F)CCCN1. The molecule has 1 unspecified atom stereocenters. The summed E-state index contributed by atoms with van der Waals surface area (Å²) in [6.45, 7) is 4.26. The number of carbonyl (C=O) groups is 1. The van der Waals surface area contributed by atoms with E-state index in [2.05, 4.69) is 5.32 Å². The van der Waals surface area contributed by atoms with E-state index in [1.165, 1.54) is 6.07 Å². The smallest absolute Gasteiger partial charge is 0.256 e. The highest BCUT2D eigenvalue weighted by Gasteiger charge is 2.22. The second-order valence-corrected chi connectivity index (χ2v) is 4.44. The number of halogens is 1. The maximum Gasteiger partial charge on any atom is 0.256 e. The van der Waals surface area contributed by atoms with E-state index in [4.69, 9.17) is 0 Å². The van der Waals surface area contributed by atoms with Crippen molar-refractivity contribution in [1.29, 1.82) is 0 Å². The Hall–Kier alpha value is -1.42. The second kappa shape index (κ2) is 5.27. The quantitative estimate of drug-likeness (QED) is 0.804. The normalized spacial score (nSPS) is 21.1. The van der Waals surface area contributed by atoms with Gasteiger partial charge in [0.15, 0.2) is 0 Å². The fourth-order valence-electron chi connectivity index (χ4n) is 2.09. The van der Waals surface area contributed by atoms with Gasteiger partial charge < -0.3 is 10.2 Å². The standard InChI is InChI=1S/C13H17FN2O/c1-10-9-16(8-4-7-15-10)13(17)11-5-2-3-6-12(11)14/h2-3,5-6,10,15H,4,7-9H2,1H3. The first-order valence-electron chi connectivity index (χ1n) is 5.95. The first kappa shape index (κ1) is 12.0. The van der Waals surface area contributed by atoms with Crippen LogP contribution in [0.15, 0.2) is 24.3 Å². The van der Waals surface area contributed by atoms with Gasteiger partial charge in [-0.1, -0.05) is 12.1 Å². The van der Waals surface area contributed by atoms with E-state index in [-0.39, 0.29) is 17.5 Å². The summed E-state index contributed by atoms with van der Waals surface area (Å²) >= 11 is 0. The Bertz CT molecular complexity index is 408. The molecule has 1 atom stereocenters. The lowest BCUT2D eigenvalue weighted by molar-refractivity contribution is 0.0750. The van der Waals surface area contributed by atoms with Crippen molar-refractivity contribution in [3.05, 3.63) is 35.6 Å². The monoisotopic (exact) mass is 236 g/mol. The molecule has 4 heteroatoms. The minimum Gasteiger partial charge on any atom is -0.337 e. The summed E-state index contributed by atoms with van der Waals surface area (Å²) in [7, 11) is 0. The van der Waals surface area contributed by atoms with Crippen LogP contribution in [0.1, 0.15) is 23.7 Å². The highest BCUT2D eigenvalue weighted by atomic mass is 19.1. The van der Waals surface area contributed by atoms with Crippen LogP contribution in [0.3, 0.4) is 0 Å². The Balaban J connectivity index is 2.16. The number of amides is 1. The van der Waals surface area contributed by atoms with Crippen molar-refractivity contribution in [2.75, 3.05) is 19.6 Å². The first-order chi connectivity index (χ1) is 8.18. The molecule has 92 valence electrons. The average Bonchev–Trinajstić information content (AvgIpc) is 2.54. The van der Waals surface area contributed by atoms with Crippen LogP contribution in [-0.4, -0.2) is 36.5 Å². The van der Waals surface area contributed by atoms with Crippen LogP contribution in [-0.2, 0) is 0 Å². The molecular weight excluding hydrogens is 219 g/mol. The van der Waals surface area contributed by atoms with Crippen LogP contribution in [0.25, 0.3) is 0 Å². The first-order valence-corrected chi connectivity index (χ1v) is 5.95. The van der Waals surface area contributed by atoms with Crippen LogP contribution in [0, 0.1) is 5.82 Å². The number of nitrogens with one attached hydrogen (secondary N) is 1. The summed E-state index contributed by atoms with van der Waals surface area (Å²) in [5.74, 6) is -0.652. The molecule has 2 rings (SSSR count). The minimum absolute atomic E-state index is 0.168. The third-order valence-electron chi connectivity index (χ3n) is 2.98. The third kappa shape index (κ3) is 2.82. The summed E-state index contributed by atoms with van der Waals surface area (Å²) in [6.07, 6.45) is 0.907. The number of hydrogen-bond donors (Lipinski definition) is 1. The summed E-state index contributed by atoms with van der Waals surface area (Å²) in [5, 5.41) is 3.31. The molecule has 1 aromatic carbocycles. The van der Waals surface area contributed by atoms with Gasteiger partial charge in [-0.15, -0.1) is 0 Å². The molecule has 1 heterocycles. The van der Waals surface area contributed by atoms with Gasteiger partial charge >= 0.3 is 0 Å². The second-order valence-electron chi connectivity index (χ2n) is 4.44. The maximum absolute atomic E-state index is 13.5. The summed E-state index contributed by atoms with van der Waals surface area (Å²) < 4.78 is 13.5. The van der Waals surface area contributed by atoms with Crippen LogP contribution in [0.2, 0.25) is 0 Å². The topological polar surface area (TPSA) is 32.3 Å². The van der Waals surface area contributed by atoms with E-state index in [0.717, 1.165) is 13.0 Å². The summed E-state index contributed by atoms with van der Waals surface area (Å²) in [5.41, 5.74) is 0.168. The van der Waals surface area contributed by atoms with Crippen LogP contribution >= 0.6 is 0 Å². The van der Waals surface area contributed by atoms with Crippen molar-refractivity contribution in [1.82, 2.24) is 10.2 Å². The van der Waals surface area contributed by atoms with Gasteiger partial charge in [-0.3, -0.25) is 4.79 Å². The highest BCUT2D eigenvalue weighted by molar-refractivity contribution is 5.94. The van der Waals surface area contributed by atoms with E-state index < -0.39 is 5.82 Å². The van der Waals surface area contributed by atoms with Crippen molar-refractivity contribution in [3.8, 4) is 0 Å². The Morgan fingerprint density at radius 2 is 2.24 bits per heavy atom. The van der Waals surface area contributed by atoms with Crippen LogP contribution in [0.4, 0.5) is 4.39 Å². The van der Waals surface area contributed by atoms with Gasteiger partial charge in [-0.25, -0.2) is 4.39 Å². The zero-order valence-corrected chi connectivity index (χ0v) is 9.95. The van der Waals surface area contributed by atoms with Crippen LogP contribution in [0.5, 0.6) is 0 Å². The van der Waals surface area contributed by atoms with Gasteiger partial charge in [-0.05, 0) is 32.0 Å². The van der Waals surface area contributed by atoms with E-state index in [0.29, 0.717) is 13.1 Å². The van der Waals surface area contributed by atoms with Gasteiger partial charge in [0, 0.05) is 19.1 Å². The van der Waals surface area contributed by atoms with Crippen LogP contribution < -0.4 is 5.32 Å². The van der Waals surface area contributed by atoms with Gasteiger partial charge in [0.25, 0.3) is 5.91 Å². The largest absolute Gasteiger partial charge is 0.337 e. The molecule has 0 saturated carbocycles. The molecule has 0 aromatic heterocycles. The maximum atomic E-state index is 13.5. The summed E-state index contributed by atoms with van der Waals surface area (Å²) in [6, 6.07) is 6.41. The molecule has 1 aromatic rings. The van der Waals surface area contributed by atoms with Crippen molar-refractivity contribution >= 4 is 5.91 Å². The lowest BCUT2D eigenvalue weighted by Gasteiger charge is -2.22. The fraction of sp³-hybridized carbons (Fsp3) is 0.462. The van der Waals surface area contributed by atoms with E-state index in [9.17, 15) is 9.18 Å². The van der Waals surface area contributed by atoms with Gasteiger partial charge in [-0.2, -0.15) is 0 Å². The van der Waals surface area contributed by atoms with E-state index >= 15 is 0 Å². The number of hydrogen-bond acceptors (Lipinski definition) is 2. The van der Waals surface area contributed by atoms with Crippen molar-refractivity contribution < 1.29 is 9.18 Å². The molecule has 0 radical (unpaired) electrons. The molecule has 1 saturated heterocycles. The fourth-order valence-corrected chi connectivity index (χ4v) is 2.09. The molecule has 0 bridgehead atoms. The third-order valence-corrected chi connectivity index (χ3v) is 2.98. The molecule has 17 heavy (non-hydrogen) atoms. The number of nitrogens with zero attached hydrogens (tertiary/aromatic N) is 1. The van der Waals surface area contributed by atoms with E-state index in [1.54, 1.807) is 23.1 Å². The molecule has 1 N–H and O–H groups in total. The average molecular weight is 236 g/mol. The van der Waals surface area contributed by atoms with Crippen molar-refractivity contribution in [2.24, 2.45) is 0 Å². The van der Waals surface area contributed by atoms with Gasteiger partial charge in [0.05, 0.1) is 5.56 Å². The molecule has 0 aliphatic carbocycles. The molecule has 0 spiro atoms. The Kier molecular flexibility index (Phi) is 3.74. The Morgan fingerprint density at radius 1 is 1.47 bits per heavy atom. The molecule has 1 aliphatic heterocycles. The van der Waals surface area contributed by atoms with E-state index in [1.807, 2.05) is 6.92 Å². The number of carbonyl (C=O) groups excluding carboxylic acids is 1. The Morgan fingerprint density at radius 3 is 3.00 bits per heavy atom. The highest BCUT2D eigenvalue weighted by Crippen LogP contribution is 2.12. The lowest BCUT2D eigenvalue weighted by atomic mass is 10.1. The van der Waals surface area contributed by atoms with Gasteiger partial charge in [0.1, 0.15) is 5.82 Å². The minimum atomic E-state index is -0.442. The Labute approximate surface area is 101 Å².